The molecule has 0 aliphatic carbocycles. The first-order valence-electron chi connectivity index (χ1n) is 6.13. The fraction of sp³-hybridized carbons (Fsp3) is 0.385. The summed E-state index contributed by atoms with van der Waals surface area (Å²) >= 11 is 1.52. The Balaban J connectivity index is 2.03. The zero-order chi connectivity index (χ0) is 14.5. The third-order valence-electron chi connectivity index (χ3n) is 2.80. The van der Waals surface area contributed by atoms with Crippen molar-refractivity contribution in [3.05, 3.63) is 29.6 Å². The van der Waals surface area contributed by atoms with Gasteiger partial charge < -0.3 is 15.2 Å². The number of nitrogens with two attached hydrogens (primary N) is 1. The summed E-state index contributed by atoms with van der Waals surface area (Å²) in [5, 5.41) is 7.58. The van der Waals surface area contributed by atoms with Crippen molar-refractivity contribution in [2.24, 2.45) is 5.73 Å². The normalized spacial score (nSPS) is 12.2. The summed E-state index contributed by atoms with van der Waals surface area (Å²) in [6.07, 6.45) is 0. The number of aromatic amines is 1. The van der Waals surface area contributed by atoms with E-state index >= 15 is 0 Å². The van der Waals surface area contributed by atoms with Gasteiger partial charge >= 0.3 is 0 Å². The van der Waals surface area contributed by atoms with Crippen molar-refractivity contribution in [1.29, 1.82) is 0 Å². The van der Waals surface area contributed by atoms with Gasteiger partial charge in [-0.05, 0) is 24.6 Å². The highest BCUT2D eigenvalue weighted by Gasteiger charge is 2.12. The number of hydrogen-bond acceptors (Lipinski definition) is 6. The van der Waals surface area contributed by atoms with Crippen molar-refractivity contribution in [2.75, 3.05) is 20.0 Å². The molecule has 2 rings (SSSR count). The number of aryl methyl sites for hydroxylation is 1. The summed E-state index contributed by atoms with van der Waals surface area (Å²) in [6.45, 7) is 1.87. The third-order valence-corrected chi connectivity index (χ3v) is 3.77. The number of methoxy groups -OCH3 is 2. The summed E-state index contributed by atoms with van der Waals surface area (Å²) in [7, 11) is 3.22. The van der Waals surface area contributed by atoms with E-state index in [2.05, 4.69) is 15.2 Å². The minimum atomic E-state index is -0.126. The topological polar surface area (TPSA) is 86.0 Å². The molecule has 1 atom stereocenters. The summed E-state index contributed by atoms with van der Waals surface area (Å²) in [4.78, 5) is 4.23. The number of benzene rings is 1. The second-order valence-electron chi connectivity index (χ2n) is 4.24. The van der Waals surface area contributed by atoms with Crippen LogP contribution in [0.4, 0.5) is 0 Å². The van der Waals surface area contributed by atoms with Gasteiger partial charge in [-0.3, -0.25) is 5.10 Å². The Labute approximate surface area is 122 Å². The fourth-order valence-corrected chi connectivity index (χ4v) is 2.56. The molecular formula is C13H18N4O2S. The van der Waals surface area contributed by atoms with E-state index in [1.54, 1.807) is 14.2 Å². The summed E-state index contributed by atoms with van der Waals surface area (Å²) in [5.74, 6) is 2.86. The molecule has 0 radical (unpaired) electrons. The SMILES string of the molecule is COc1ccc(C(N)CSc2n[nH]c(C)n2)cc1OC. The predicted molar refractivity (Wildman–Crippen MR) is 78.3 cm³/mol. The zero-order valence-electron chi connectivity index (χ0n) is 11.7. The lowest BCUT2D eigenvalue weighted by Crippen LogP contribution is -2.13. The molecule has 0 spiro atoms. The molecule has 0 saturated heterocycles. The van der Waals surface area contributed by atoms with Crippen LogP contribution in [0, 0.1) is 6.92 Å². The molecule has 3 N–H and O–H groups in total. The molecule has 0 bridgehead atoms. The minimum absolute atomic E-state index is 0.126. The summed E-state index contributed by atoms with van der Waals surface area (Å²) in [5.41, 5.74) is 7.17. The van der Waals surface area contributed by atoms with Gasteiger partial charge in [0.2, 0.25) is 5.16 Å². The molecule has 0 saturated carbocycles. The van der Waals surface area contributed by atoms with Crippen molar-refractivity contribution in [3.8, 4) is 11.5 Å². The number of aromatic nitrogens is 3. The number of hydrogen-bond donors (Lipinski definition) is 2. The lowest BCUT2D eigenvalue weighted by Gasteiger charge is -2.14. The third kappa shape index (κ3) is 3.43. The van der Waals surface area contributed by atoms with Gasteiger partial charge in [0, 0.05) is 11.8 Å². The molecular weight excluding hydrogens is 276 g/mol. The number of rotatable bonds is 6. The van der Waals surface area contributed by atoms with Crippen molar-refractivity contribution in [1.82, 2.24) is 15.2 Å². The van der Waals surface area contributed by atoms with Crippen LogP contribution in [0.5, 0.6) is 11.5 Å². The molecule has 0 amide bonds. The summed E-state index contributed by atoms with van der Waals surface area (Å²) in [6, 6.07) is 5.57. The lowest BCUT2D eigenvalue weighted by atomic mass is 10.1. The van der Waals surface area contributed by atoms with E-state index in [1.165, 1.54) is 11.8 Å². The van der Waals surface area contributed by atoms with Crippen LogP contribution in [0.3, 0.4) is 0 Å². The van der Waals surface area contributed by atoms with Crippen molar-refractivity contribution in [3.63, 3.8) is 0 Å². The number of nitrogens with one attached hydrogen (secondary N) is 1. The van der Waals surface area contributed by atoms with Gasteiger partial charge in [-0.25, -0.2) is 4.98 Å². The Hall–Kier alpha value is -1.73. The van der Waals surface area contributed by atoms with Crippen LogP contribution < -0.4 is 15.2 Å². The molecule has 1 unspecified atom stereocenters. The van der Waals surface area contributed by atoms with E-state index < -0.39 is 0 Å². The maximum atomic E-state index is 6.18. The van der Waals surface area contributed by atoms with Crippen LogP contribution in [-0.4, -0.2) is 35.2 Å². The maximum Gasteiger partial charge on any atom is 0.208 e. The standard InChI is InChI=1S/C13H18N4O2S/c1-8-15-13(17-16-8)20-7-10(14)9-4-5-11(18-2)12(6-9)19-3/h4-6,10H,7,14H2,1-3H3,(H,15,16,17). The fourth-order valence-electron chi connectivity index (χ4n) is 1.73. The molecule has 6 nitrogen and oxygen atoms in total. The average Bonchev–Trinajstić information content (AvgIpc) is 2.89. The first-order valence-corrected chi connectivity index (χ1v) is 7.12. The van der Waals surface area contributed by atoms with Crippen LogP contribution in [0.25, 0.3) is 0 Å². The van der Waals surface area contributed by atoms with Gasteiger partial charge in [0.05, 0.1) is 14.2 Å². The van der Waals surface area contributed by atoms with Gasteiger partial charge in [0.15, 0.2) is 11.5 Å². The highest BCUT2D eigenvalue weighted by Crippen LogP contribution is 2.30. The van der Waals surface area contributed by atoms with Crippen LogP contribution in [-0.2, 0) is 0 Å². The van der Waals surface area contributed by atoms with Crippen molar-refractivity contribution >= 4 is 11.8 Å². The first-order chi connectivity index (χ1) is 9.63. The van der Waals surface area contributed by atoms with E-state index in [0.717, 1.165) is 11.4 Å². The number of ether oxygens (including phenoxy) is 2. The van der Waals surface area contributed by atoms with Crippen molar-refractivity contribution < 1.29 is 9.47 Å². The largest absolute Gasteiger partial charge is 0.493 e. The highest BCUT2D eigenvalue weighted by molar-refractivity contribution is 7.99. The summed E-state index contributed by atoms with van der Waals surface area (Å²) < 4.78 is 10.5. The molecule has 108 valence electrons. The Morgan fingerprint density at radius 2 is 2.05 bits per heavy atom. The quantitative estimate of drug-likeness (QED) is 0.792. The predicted octanol–water partition coefficient (Wildman–Crippen LogP) is 1.92. The molecule has 20 heavy (non-hydrogen) atoms. The van der Waals surface area contributed by atoms with Crippen LogP contribution >= 0.6 is 11.8 Å². The Morgan fingerprint density at radius 3 is 2.65 bits per heavy atom. The molecule has 1 heterocycles. The average molecular weight is 294 g/mol. The van der Waals surface area contributed by atoms with E-state index in [9.17, 15) is 0 Å². The second kappa shape index (κ2) is 6.62. The Kier molecular flexibility index (Phi) is 4.86. The zero-order valence-corrected chi connectivity index (χ0v) is 12.5. The molecule has 0 aliphatic rings. The van der Waals surface area contributed by atoms with Gasteiger partial charge in [-0.2, -0.15) is 0 Å². The van der Waals surface area contributed by atoms with E-state index in [4.69, 9.17) is 15.2 Å². The lowest BCUT2D eigenvalue weighted by molar-refractivity contribution is 0.354. The molecule has 0 aliphatic heterocycles. The maximum absolute atomic E-state index is 6.18. The molecule has 1 aromatic heterocycles. The van der Waals surface area contributed by atoms with E-state index in [-0.39, 0.29) is 6.04 Å². The number of thioether (sulfide) groups is 1. The van der Waals surface area contributed by atoms with Gasteiger partial charge in [-0.1, -0.05) is 17.8 Å². The van der Waals surface area contributed by atoms with Gasteiger partial charge in [0.1, 0.15) is 5.82 Å². The van der Waals surface area contributed by atoms with Crippen LogP contribution in [0.2, 0.25) is 0 Å². The van der Waals surface area contributed by atoms with Gasteiger partial charge in [0.25, 0.3) is 0 Å². The number of H-pyrrole nitrogens is 1. The van der Waals surface area contributed by atoms with Crippen LogP contribution in [0.15, 0.2) is 23.4 Å². The second-order valence-corrected chi connectivity index (χ2v) is 5.22. The monoisotopic (exact) mass is 294 g/mol. The smallest absolute Gasteiger partial charge is 0.208 e. The molecule has 2 aromatic rings. The Bertz CT molecular complexity index is 573. The van der Waals surface area contributed by atoms with E-state index in [1.807, 2.05) is 25.1 Å². The van der Waals surface area contributed by atoms with E-state index in [0.29, 0.717) is 22.4 Å². The molecule has 1 aromatic carbocycles. The highest BCUT2D eigenvalue weighted by atomic mass is 32.2. The molecule has 7 heteroatoms. The minimum Gasteiger partial charge on any atom is -0.493 e. The van der Waals surface area contributed by atoms with Crippen molar-refractivity contribution in [2.45, 2.75) is 18.1 Å². The number of nitrogens with zero attached hydrogens (tertiary/aromatic N) is 2. The first kappa shape index (κ1) is 14.7. The van der Waals surface area contributed by atoms with Gasteiger partial charge in [-0.15, -0.1) is 5.10 Å². The Morgan fingerprint density at radius 1 is 1.30 bits per heavy atom. The van der Waals surface area contributed by atoms with Crippen LogP contribution in [0.1, 0.15) is 17.4 Å². The molecule has 0 fully saturated rings.